The van der Waals surface area contributed by atoms with Gasteiger partial charge in [0.05, 0.1) is 25.1 Å². The van der Waals surface area contributed by atoms with Crippen LogP contribution >= 0.6 is 0 Å². The van der Waals surface area contributed by atoms with Crippen LogP contribution in [0.25, 0.3) is 16.9 Å². The molecule has 0 bridgehead atoms. The number of nitrogens with one attached hydrogen (secondary N) is 1. The number of hydrogen-bond acceptors (Lipinski definition) is 7. The SMILES string of the molecule is C(=N\Nc1cc(N2CCOCC2)n2nc(-c3ccccc3)cc2n1)/c1cccnc1. The van der Waals surface area contributed by atoms with E-state index in [9.17, 15) is 0 Å². The van der Waals surface area contributed by atoms with Crippen LogP contribution in [0.2, 0.25) is 0 Å². The normalized spacial score (nSPS) is 14.5. The number of ether oxygens (including phenoxy) is 1. The third kappa shape index (κ3) is 3.85. The average Bonchev–Trinajstić information content (AvgIpc) is 3.25. The van der Waals surface area contributed by atoms with E-state index in [4.69, 9.17) is 14.8 Å². The Morgan fingerprint density at radius 1 is 1.03 bits per heavy atom. The number of benzene rings is 1. The van der Waals surface area contributed by atoms with Crippen LogP contribution in [-0.2, 0) is 4.74 Å². The highest BCUT2D eigenvalue weighted by atomic mass is 16.5. The highest BCUT2D eigenvalue weighted by molar-refractivity contribution is 5.79. The Balaban J connectivity index is 1.52. The van der Waals surface area contributed by atoms with Crippen molar-refractivity contribution in [2.75, 3.05) is 36.6 Å². The van der Waals surface area contributed by atoms with E-state index < -0.39 is 0 Å². The Hall–Kier alpha value is -3.78. The topological polar surface area (TPSA) is 79.9 Å². The number of fused-ring (bicyclic) bond motifs is 1. The molecule has 0 amide bonds. The van der Waals surface area contributed by atoms with Crippen molar-refractivity contribution in [3.05, 3.63) is 72.6 Å². The van der Waals surface area contributed by atoms with Gasteiger partial charge < -0.3 is 9.64 Å². The molecule has 1 aliphatic rings. The summed E-state index contributed by atoms with van der Waals surface area (Å²) in [6.45, 7) is 2.99. The summed E-state index contributed by atoms with van der Waals surface area (Å²) in [4.78, 5) is 11.1. The fraction of sp³-hybridized carbons (Fsp3) is 0.182. The highest BCUT2D eigenvalue weighted by Gasteiger charge is 2.18. The summed E-state index contributed by atoms with van der Waals surface area (Å²) in [6.07, 6.45) is 5.21. The lowest BCUT2D eigenvalue weighted by Gasteiger charge is -2.29. The second-order valence-corrected chi connectivity index (χ2v) is 6.92. The Morgan fingerprint density at radius 2 is 1.90 bits per heavy atom. The largest absolute Gasteiger partial charge is 0.378 e. The van der Waals surface area contributed by atoms with Gasteiger partial charge in [-0.1, -0.05) is 36.4 Å². The molecule has 0 aliphatic carbocycles. The van der Waals surface area contributed by atoms with Gasteiger partial charge in [-0.05, 0) is 6.07 Å². The van der Waals surface area contributed by atoms with Crippen LogP contribution in [0.1, 0.15) is 5.56 Å². The van der Waals surface area contributed by atoms with Crippen molar-refractivity contribution in [2.45, 2.75) is 0 Å². The van der Waals surface area contributed by atoms with Gasteiger partial charge in [0.1, 0.15) is 5.82 Å². The number of aromatic nitrogens is 4. The Bertz CT molecular complexity index is 1150. The van der Waals surface area contributed by atoms with Crippen LogP contribution in [0.15, 0.2) is 72.1 Å². The van der Waals surface area contributed by atoms with E-state index in [2.05, 4.69) is 20.4 Å². The Morgan fingerprint density at radius 3 is 2.70 bits per heavy atom. The fourth-order valence-corrected chi connectivity index (χ4v) is 3.41. The van der Waals surface area contributed by atoms with Crippen LogP contribution in [-0.4, -0.2) is 52.1 Å². The van der Waals surface area contributed by atoms with Gasteiger partial charge in [-0.25, -0.2) is 4.98 Å². The van der Waals surface area contributed by atoms with E-state index >= 15 is 0 Å². The zero-order chi connectivity index (χ0) is 20.2. The van der Waals surface area contributed by atoms with Gasteiger partial charge in [0, 0.05) is 48.7 Å². The van der Waals surface area contributed by atoms with Gasteiger partial charge in [-0.15, -0.1) is 0 Å². The molecule has 1 aliphatic heterocycles. The predicted molar refractivity (Wildman–Crippen MR) is 117 cm³/mol. The second-order valence-electron chi connectivity index (χ2n) is 6.92. The molecule has 0 saturated carbocycles. The highest BCUT2D eigenvalue weighted by Crippen LogP contribution is 2.25. The molecule has 1 fully saturated rings. The first-order chi connectivity index (χ1) is 14.9. The minimum Gasteiger partial charge on any atom is -0.378 e. The van der Waals surface area contributed by atoms with Crippen LogP contribution in [0.3, 0.4) is 0 Å². The van der Waals surface area contributed by atoms with E-state index in [-0.39, 0.29) is 0 Å². The number of hydrogen-bond donors (Lipinski definition) is 1. The molecule has 0 radical (unpaired) electrons. The van der Waals surface area contributed by atoms with Gasteiger partial charge in [0.2, 0.25) is 0 Å². The van der Waals surface area contributed by atoms with Crippen molar-refractivity contribution in [1.29, 1.82) is 0 Å². The first-order valence-corrected chi connectivity index (χ1v) is 9.85. The maximum atomic E-state index is 5.52. The number of nitrogens with zero attached hydrogens (tertiary/aromatic N) is 6. The molecule has 3 aromatic heterocycles. The summed E-state index contributed by atoms with van der Waals surface area (Å²) in [5.74, 6) is 1.62. The van der Waals surface area contributed by atoms with Crippen molar-refractivity contribution in [1.82, 2.24) is 19.6 Å². The summed E-state index contributed by atoms with van der Waals surface area (Å²) in [5, 5.41) is 9.14. The number of hydrazone groups is 1. The minimum absolute atomic E-state index is 0.656. The van der Waals surface area contributed by atoms with Gasteiger partial charge in [0.25, 0.3) is 0 Å². The molecular weight excluding hydrogens is 378 g/mol. The van der Waals surface area contributed by atoms with Gasteiger partial charge in [-0.2, -0.15) is 14.7 Å². The summed E-state index contributed by atoms with van der Waals surface area (Å²) < 4.78 is 7.41. The Labute approximate surface area is 173 Å². The van der Waals surface area contributed by atoms with Crippen molar-refractivity contribution in [3.63, 3.8) is 0 Å². The van der Waals surface area contributed by atoms with Crippen LogP contribution in [0, 0.1) is 0 Å². The predicted octanol–water partition coefficient (Wildman–Crippen LogP) is 3.07. The van der Waals surface area contributed by atoms with Gasteiger partial charge in [0.15, 0.2) is 11.5 Å². The molecule has 4 aromatic rings. The zero-order valence-corrected chi connectivity index (χ0v) is 16.3. The lowest BCUT2D eigenvalue weighted by atomic mass is 10.2. The molecule has 0 unspecified atom stereocenters. The van der Waals surface area contributed by atoms with E-state index in [0.29, 0.717) is 19.0 Å². The van der Waals surface area contributed by atoms with Crippen molar-refractivity contribution >= 4 is 23.5 Å². The first-order valence-electron chi connectivity index (χ1n) is 9.85. The molecule has 8 nitrogen and oxygen atoms in total. The molecular formula is C22H21N7O. The molecule has 150 valence electrons. The van der Waals surface area contributed by atoms with Crippen LogP contribution in [0.5, 0.6) is 0 Å². The van der Waals surface area contributed by atoms with Gasteiger partial charge >= 0.3 is 0 Å². The summed E-state index contributed by atoms with van der Waals surface area (Å²) >= 11 is 0. The van der Waals surface area contributed by atoms with Crippen molar-refractivity contribution < 1.29 is 4.74 Å². The smallest absolute Gasteiger partial charge is 0.160 e. The Kier molecular flexibility index (Phi) is 5.05. The third-order valence-electron chi connectivity index (χ3n) is 4.89. The molecule has 5 rings (SSSR count). The number of anilines is 2. The van der Waals surface area contributed by atoms with Crippen LogP contribution < -0.4 is 10.3 Å². The van der Waals surface area contributed by atoms with E-state index in [1.165, 1.54) is 0 Å². The molecule has 0 atom stereocenters. The number of morpholine rings is 1. The van der Waals surface area contributed by atoms with E-state index in [1.807, 2.05) is 59.1 Å². The molecule has 8 heteroatoms. The first kappa shape index (κ1) is 18.3. The standard InChI is InChI=1S/C22H21N7O/c1-2-6-18(7-3-1)19-13-21-25-20(26-24-16-17-5-4-8-23-15-17)14-22(29(21)27-19)28-9-11-30-12-10-28/h1-8,13-16H,9-12H2,(H,25,26)/b24-16+. The molecule has 1 aromatic carbocycles. The maximum Gasteiger partial charge on any atom is 0.160 e. The molecule has 1 N–H and O–H groups in total. The molecule has 0 spiro atoms. The van der Waals surface area contributed by atoms with Crippen molar-refractivity contribution in [2.24, 2.45) is 5.10 Å². The maximum absolute atomic E-state index is 5.52. The molecule has 1 saturated heterocycles. The van der Waals surface area contributed by atoms with Crippen molar-refractivity contribution in [3.8, 4) is 11.3 Å². The average molecular weight is 399 g/mol. The second kappa shape index (κ2) is 8.30. The lowest BCUT2D eigenvalue weighted by molar-refractivity contribution is 0.122. The number of rotatable bonds is 5. The minimum atomic E-state index is 0.656. The fourth-order valence-electron chi connectivity index (χ4n) is 3.41. The number of pyridine rings is 1. The van der Waals surface area contributed by atoms with E-state index in [1.54, 1.807) is 18.6 Å². The summed E-state index contributed by atoms with van der Waals surface area (Å²) in [5.41, 5.74) is 6.66. The molecule has 4 heterocycles. The van der Waals surface area contributed by atoms with Crippen LogP contribution in [0.4, 0.5) is 11.6 Å². The lowest BCUT2D eigenvalue weighted by Crippen LogP contribution is -2.37. The third-order valence-corrected chi connectivity index (χ3v) is 4.89. The monoisotopic (exact) mass is 399 g/mol. The molecule has 30 heavy (non-hydrogen) atoms. The van der Waals surface area contributed by atoms with Gasteiger partial charge in [-0.3, -0.25) is 10.4 Å². The summed E-state index contributed by atoms with van der Waals surface area (Å²) in [7, 11) is 0. The quantitative estimate of drug-likeness (QED) is 0.410. The van der Waals surface area contributed by atoms with E-state index in [0.717, 1.165) is 41.4 Å². The summed E-state index contributed by atoms with van der Waals surface area (Å²) in [6, 6.07) is 17.9. The zero-order valence-electron chi connectivity index (χ0n) is 16.3.